The van der Waals surface area contributed by atoms with Crippen molar-refractivity contribution in [3.8, 4) is 11.5 Å². The summed E-state index contributed by atoms with van der Waals surface area (Å²) in [6.07, 6.45) is 3.53. The van der Waals surface area contributed by atoms with Gasteiger partial charge in [-0.1, -0.05) is 48.9 Å². The van der Waals surface area contributed by atoms with Gasteiger partial charge in [-0.25, -0.2) is 22.9 Å². The van der Waals surface area contributed by atoms with Crippen LogP contribution in [0, 0.1) is 0 Å². The molecule has 1 fully saturated rings. The van der Waals surface area contributed by atoms with Crippen molar-refractivity contribution < 1.29 is 27.5 Å². The molecule has 0 bridgehead atoms. The number of hydrogen-bond donors (Lipinski definition) is 2. The lowest BCUT2D eigenvalue weighted by Crippen LogP contribution is -2.50. The molecule has 40 heavy (non-hydrogen) atoms. The standard InChI is InChI=1S/C29H30N4O6S/c34-28-24-18-26-25(38-19-39-26)17-23(24)27(21-7-3-1-4-8-21)33(28)16-13-20-9-11-22(12-10-20)40(36,37)31-29(35)30-32-14-5-2-6-15-32/h1,3-4,7-12,17-18,27H,2,5-6,13-16,19H2,(H2,30,31,35). The first-order valence-corrected chi connectivity index (χ1v) is 14.8. The van der Waals surface area contributed by atoms with Crippen LogP contribution >= 0.6 is 0 Å². The van der Waals surface area contributed by atoms with Gasteiger partial charge in [0.25, 0.3) is 15.9 Å². The number of amides is 3. The third-order valence-corrected chi connectivity index (χ3v) is 8.82. The lowest BCUT2D eigenvalue weighted by Gasteiger charge is -2.26. The van der Waals surface area contributed by atoms with Crippen molar-refractivity contribution in [2.24, 2.45) is 0 Å². The summed E-state index contributed by atoms with van der Waals surface area (Å²) in [6, 6.07) is 18.8. The van der Waals surface area contributed by atoms with Crippen molar-refractivity contribution in [3.05, 3.63) is 89.0 Å². The summed E-state index contributed by atoms with van der Waals surface area (Å²) in [5, 5.41) is 1.73. The monoisotopic (exact) mass is 562 g/mol. The van der Waals surface area contributed by atoms with Gasteiger partial charge in [-0.3, -0.25) is 10.2 Å². The molecule has 1 unspecified atom stereocenters. The van der Waals surface area contributed by atoms with Crippen LogP contribution in [0.15, 0.2) is 71.6 Å². The molecule has 208 valence electrons. The van der Waals surface area contributed by atoms with Gasteiger partial charge in [0.2, 0.25) is 6.79 Å². The number of nitrogens with zero attached hydrogens (tertiary/aromatic N) is 2. The van der Waals surface area contributed by atoms with Crippen molar-refractivity contribution in [2.45, 2.75) is 36.6 Å². The number of benzene rings is 3. The molecular weight excluding hydrogens is 532 g/mol. The van der Waals surface area contributed by atoms with Crippen molar-refractivity contribution >= 4 is 22.0 Å². The molecule has 0 spiro atoms. The topological polar surface area (TPSA) is 117 Å². The van der Waals surface area contributed by atoms with Gasteiger partial charge in [-0.2, -0.15) is 0 Å². The average Bonchev–Trinajstić information content (AvgIpc) is 3.53. The first kappa shape index (κ1) is 26.1. The Morgan fingerprint density at radius 2 is 1.62 bits per heavy atom. The number of fused-ring (bicyclic) bond motifs is 2. The number of sulfonamides is 1. The molecule has 1 atom stereocenters. The van der Waals surface area contributed by atoms with Gasteiger partial charge in [0, 0.05) is 25.2 Å². The van der Waals surface area contributed by atoms with Crippen molar-refractivity contribution in [1.29, 1.82) is 0 Å². The maximum Gasteiger partial charge on any atom is 0.343 e. The quantitative estimate of drug-likeness (QED) is 0.452. The van der Waals surface area contributed by atoms with Gasteiger partial charge >= 0.3 is 6.03 Å². The van der Waals surface area contributed by atoms with E-state index >= 15 is 0 Å². The number of urea groups is 1. The van der Waals surface area contributed by atoms with Crippen LogP contribution in [-0.4, -0.2) is 56.7 Å². The second-order valence-corrected chi connectivity index (χ2v) is 11.8. The largest absolute Gasteiger partial charge is 0.454 e. The molecule has 3 heterocycles. The van der Waals surface area contributed by atoms with E-state index in [1.54, 1.807) is 23.2 Å². The second kappa shape index (κ2) is 10.8. The molecule has 0 radical (unpaired) electrons. The number of nitrogens with one attached hydrogen (secondary N) is 2. The van der Waals surface area contributed by atoms with E-state index in [0.29, 0.717) is 43.1 Å². The predicted molar refractivity (Wildman–Crippen MR) is 146 cm³/mol. The molecule has 3 aliphatic rings. The Morgan fingerprint density at radius 3 is 2.35 bits per heavy atom. The molecular formula is C29H30N4O6S. The number of hydrogen-bond acceptors (Lipinski definition) is 7. The smallest absolute Gasteiger partial charge is 0.343 e. The summed E-state index contributed by atoms with van der Waals surface area (Å²) in [6.45, 7) is 1.95. The van der Waals surface area contributed by atoms with Gasteiger partial charge in [0.15, 0.2) is 11.5 Å². The maximum absolute atomic E-state index is 13.5. The zero-order valence-electron chi connectivity index (χ0n) is 21.8. The number of ether oxygens (including phenoxy) is 2. The second-order valence-electron chi connectivity index (χ2n) is 10.1. The molecule has 11 heteroatoms. The highest BCUT2D eigenvalue weighted by molar-refractivity contribution is 7.90. The molecule has 2 N–H and O–H groups in total. The Kier molecular flexibility index (Phi) is 7.07. The van der Waals surface area contributed by atoms with Crippen LogP contribution in [0.2, 0.25) is 0 Å². The van der Waals surface area contributed by atoms with Crippen molar-refractivity contribution in [3.63, 3.8) is 0 Å². The third kappa shape index (κ3) is 5.22. The molecule has 3 aromatic rings. The van der Waals surface area contributed by atoms with Crippen LogP contribution in [0.5, 0.6) is 11.5 Å². The Bertz CT molecular complexity index is 1520. The number of rotatable bonds is 7. The van der Waals surface area contributed by atoms with E-state index in [0.717, 1.165) is 36.0 Å². The van der Waals surface area contributed by atoms with Crippen molar-refractivity contribution in [2.75, 3.05) is 26.4 Å². The number of carbonyl (C=O) groups excluding carboxylic acids is 2. The van der Waals surface area contributed by atoms with Gasteiger partial charge < -0.3 is 14.4 Å². The molecule has 10 nitrogen and oxygen atoms in total. The summed E-state index contributed by atoms with van der Waals surface area (Å²) in [5.41, 5.74) is 5.92. The zero-order chi connectivity index (χ0) is 27.7. The van der Waals surface area contributed by atoms with E-state index in [1.165, 1.54) is 12.1 Å². The summed E-state index contributed by atoms with van der Waals surface area (Å²) in [5.74, 6) is 1.10. The maximum atomic E-state index is 13.5. The minimum absolute atomic E-state index is 0.00799. The predicted octanol–water partition coefficient (Wildman–Crippen LogP) is 3.59. The van der Waals surface area contributed by atoms with Gasteiger partial charge in [-0.15, -0.1) is 0 Å². The van der Waals surface area contributed by atoms with Gasteiger partial charge in [0.05, 0.1) is 10.9 Å². The fourth-order valence-corrected chi connectivity index (χ4v) is 6.37. The van der Waals surface area contributed by atoms with Crippen LogP contribution in [0.25, 0.3) is 0 Å². The van der Waals surface area contributed by atoms with E-state index in [2.05, 4.69) is 10.1 Å². The Balaban J connectivity index is 1.15. The van der Waals surface area contributed by atoms with Gasteiger partial charge in [0.1, 0.15) is 0 Å². The summed E-state index contributed by atoms with van der Waals surface area (Å²) in [7, 11) is -4.03. The van der Waals surface area contributed by atoms with E-state index in [1.807, 2.05) is 41.3 Å². The molecule has 1 saturated heterocycles. The summed E-state index contributed by atoms with van der Waals surface area (Å²) < 4.78 is 38.7. The minimum Gasteiger partial charge on any atom is -0.454 e. The summed E-state index contributed by atoms with van der Waals surface area (Å²) in [4.78, 5) is 27.6. The molecule has 0 aromatic heterocycles. The fraction of sp³-hybridized carbons (Fsp3) is 0.310. The number of hydrazine groups is 1. The first-order chi connectivity index (χ1) is 19.4. The molecule has 3 aliphatic heterocycles. The normalized spacial score (nSPS) is 18.4. The Morgan fingerprint density at radius 1 is 0.925 bits per heavy atom. The molecule has 6 rings (SSSR count). The van der Waals surface area contributed by atoms with E-state index in [9.17, 15) is 18.0 Å². The van der Waals surface area contributed by atoms with Gasteiger partial charge in [-0.05, 0) is 60.2 Å². The average molecular weight is 563 g/mol. The fourth-order valence-electron chi connectivity index (χ4n) is 5.47. The molecule has 0 aliphatic carbocycles. The lowest BCUT2D eigenvalue weighted by molar-refractivity contribution is 0.0751. The third-order valence-electron chi connectivity index (χ3n) is 7.48. The molecule has 0 saturated carbocycles. The molecule has 3 aromatic carbocycles. The molecule has 3 amide bonds. The van der Waals surface area contributed by atoms with Crippen LogP contribution < -0.4 is 19.6 Å². The highest BCUT2D eigenvalue weighted by Gasteiger charge is 2.39. The Labute approximate surface area is 232 Å². The van der Waals surface area contributed by atoms with E-state index in [4.69, 9.17) is 9.47 Å². The van der Waals surface area contributed by atoms with Crippen LogP contribution in [0.1, 0.15) is 52.4 Å². The van der Waals surface area contributed by atoms with Crippen LogP contribution in [-0.2, 0) is 16.4 Å². The number of carbonyl (C=O) groups is 2. The van der Waals surface area contributed by atoms with Crippen molar-refractivity contribution in [1.82, 2.24) is 20.1 Å². The summed E-state index contributed by atoms with van der Waals surface area (Å²) >= 11 is 0. The highest BCUT2D eigenvalue weighted by atomic mass is 32.2. The van der Waals surface area contributed by atoms with Crippen LogP contribution in [0.3, 0.4) is 0 Å². The lowest BCUT2D eigenvalue weighted by atomic mass is 9.97. The SMILES string of the molecule is O=C(NN1CCCCC1)NS(=O)(=O)c1ccc(CCN2C(=O)c3cc4c(cc3C2c2ccccc2)OCO4)cc1. The minimum atomic E-state index is -4.03. The zero-order valence-corrected chi connectivity index (χ0v) is 22.7. The number of piperidine rings is 1. The first-order valence-electron chi connectivity index (χ1n) is 13.4. The van der Waals surface area contributed by atoms with E-state index in [-0.39, 0.29) is 23.6 Å². The Hall–Kier alpha value is -4.09. The highest BCUT2D eigenvalue weighted by Crippen LogP contribution is 2.45. The van der Waals surface area contributed by atoms with E-state index < -0.39 is 16.1 Å². The van der Waals surface area contributed by atoms with Crippen LogP contribution in [0.4, 0.5) is 4.79 Å².